The largest absolute Gasteiger partial charge is 0.459 e. The quantitative estimate of drug-likeness (QED) is 0.284. The number of piperazine rings is 1. The second kappa shape index (κ2) is 9.09. The molecule has 0 unspecified atom stereocenters. The van der Waals surface area contributed by atoms with Crippen molar-refractivity contribution in [2.24, 2.45) is 10.9 Å². The Balaban J connectivity index is 1.54. The van der Waals surface area contributed by atoms with Crippen LogP contribution in [0.1, 0.15) is 59.1 Å². The zero-order chi connectivity index (χ0) is 24.7. The number of anilines is 1. The smallest absolute Gasteiger partial charge is 0.410 e. The topological polar surface area (TPSA) is 130 Å². The van der Waals surface area contributed by atoms with E-state index in [0.29, 0.717) is 31.1 Å². The van der Waals surface area contributed by atoms with E-state index in [9.17, 15) is 10.0 Å². The van der Waals surface area contributed by atoms with Crippen LogP contribution in [0.15, 0.2) is 11.2 Å². The first-order valence-corrected chi connectivity index (χ1v) is 12.0. The minimum atomic E-state index is -0.538. The van der Waals surface area contributed by atoms with E-state index in [4.69, 9.17) is 15.2 Å². The lowest BCUT2D eigenvalue weighted by molar-refractivity contribution is 0.0106. The van der Waals surface area contributed by atoms with Crippen LogP contribution >= 0.6 is 0 Å². The van der Waals surface area contributed by atoms with E-state index in [0.717, 1.165) is 32.2 Å². The molecule has 2 atom stereocenters. The fourth-order valence-electron chi connectivity index (χ4n) is 4.93. The number of aromatic nitrogens is 2. The van der Waals surface area contributed by atoms with Gasteiger partial charge in [0.1, 0.15) is 23.2 Å². The number of carbonyl (C=O) groups excluding carboxylic acids is 1. The molecular formula is C23H37N7O4. The minimum absolute atomic E-state index is 0.104. The SMILES string of the molecule is C[C@H](Oc1nc(/C(N)=N/O)cc(N2CCN(C(=O)OC(C)(C)C)C3(CC3)C2)n1)[C@@H]1CCCN1C. The summed E-state index contributed by atoms with van der Waals surface area (Å²) in [5.74, 6) is 0.529. The van der Waals surface area contributed by atoms with Crippen molar-refractivity contribution in [1.82, 2.24) is 19.8 Å². The Kier molecular flexibility index (Phi) is 6.50. The van der Waals surface area contributed by atoms with Gasteiger partial charge in [0.15, 0.2) is 5.84 Å². The van der Waals surface area contributed by atoms with Crippen molar-refractivity contribution in [2.75, 3.05) is 38.1 Å². The van der Waals surface area contributed by atoms with Gasteiger partial charge in [0, 0.05) is 31.7 Å². The fourth-order valence-corrected chi connectivity index (χ4v) is 4.93. The number of oxime groups is 1. The average Bonchev–Trinajstić information content (AvgIpc) is 3.38. The molecule has 3 heterocycles. The van der Waals surface area contributed by atoms with E-state index >= 15 is 0 Å². The summed E-state index contributed by atoms with van der Waals surface area (Å²) in [5.41, 5.74) is 5.38. The maximum Gasteiger partial charge on any atom is 0.410 e. The van der Waals surface area contributed by atoms with Crippen molar-refractivity contribution in [2.45, 2.75) is 76.7 Å². The molecule has 188 valence electrons. The van der Waals surface area contributed by atoms with Gasteiger partial charge in [-0.05, 0) is 67.0 Å². The lowest BCUT2D eigenvalue weighted by Crippen LogP contribution is -2.58. The lowest BCUT2D eigenvalue weighted by atomic mass is 10.1. The molecular weight excluding hydrogens is 438 g/mol. The highest BCUT2D eigenvalue weighted by Gasteiger charge is 2.54. The third kappa shape index (κ3) is 5.13. The molecule has 0 radical (unpaired) electrons. The van der Waals surface area contributed by atoms with Gasteiger partial charge in [-0.3, -0.25) is 9.80 Å². The van der Waals surface area contributed by atoms with Gasteiger partial charge in [0.2, 0.25) is 0 Å². The van der Waals surface area contributed by atoms with Crippen LogP contribution in [0, 0.1) is 0 Å². The van der Waals surface area contributed by atoms with E-state index in [1.807, 2.05) is 32.6 Å². The maximum absolute atomic E-state index is 12.8. The molecule has 1 saturated carbocycles. The summed E-state index contributed by atoms with van der Waals surface area (Å²) in [6.07, 6.45) is 3.63. The van der Waals surface area contributed by atoms with Gasteiger partial charge in [-0.2, -0.15) is 9.97 Å². The molecule has 1 aliphatic carbocycles. The summed E-state index contributed by atoms with van der Waals surface area (Å²) < 4.78 is 11.8. The first-order chi connectivity index (χ1) is 16.0. The molecule has 0 bridgehead atoms. The summed E-state index contributed by atoms with van der Waals surface area (Å²) in [6, 6.07) is 2.19. The molecule has 3 N–H and O–H groups in total. The molecule has 3 aliphatic rings. The van der Waals surface area contributed by atoms with E-state index in [2.05, 4.69) is 32.0 Å². The Morgan fingerprint density at radius 1 is 1.29 bits per heavy atom. The molecule has 11 nitrogen and oxygen atoms in total. The van der Waals surface area contributed by atoms with E-state index < -0.39 is 5.60 Å². The van der Waals surface area contributed by atoms with Crippen LogP contribution < -0.4 is 15.4 Å². The first kappa shape index (κ1) is 24.3. The van der Waals surface area contributed by atoms with Crippen molar-refractivity contribution in [3.63, 3.8) is 0 Å². The molecule has 4 rings (SSSR count). The van der Waals surface area contributed by atoms with Gasteiger partial charge < -0.3 is 25.3 Å². The number of likely N-dealkylation sites (N-methyl/N-ethyl adjacent to an activating group) is 1. The zero-order valence-electron chi connectivity index (χ0n) is 20.8. The van der Waals surface area contributed by atoms with E-state index in [1.54, 1.807) is 6.07 Å². The zero-order valence-corrected chi connectivity index (χ0v) is 20.8. The molecule has 0 aromatic carbocycles. The fraction of sp³-hybridized carbons (Fsp3) is 0.739. The summed E-state index contributed by atoms with van der Waals surface area (Å²) >= 11 is 0. The standard InChI is InChI=1S/C23H37N7O4/c1-15(17-7-6-10-28(17)5)33-20-25-16(19(24)27-32)13-18(26-20)29-11-12-30(23(14-29)8-9-23)21(31)34-22(2,3)4/h13,15,17,32H,6-12,14H2,1-5H3,(H2,24,27)/t15-,17-/m0/s1. The number of likely N-dealkylation sites (tertiary alicyclic amines) is 1. The predicted octanol–water partition coefficient (Wildman–Crippen LogP) is 2.02. The number of hydrogen-bond acceptors (Lipinski definition) is 9. The maximum atomic E-state index is 12.8. The summed E-state index contributed by atoms with van der Waals surface area (Å²) in [4.78, 5) is 28.1. The number of amidine groups is 1. The third-order valence-electron chi connectivity index (χ3n) is 6.89. The van der Waals surface area contributed by atoms with Gasteiger partial charge in [-0.25, -0.2) is 4.79 Å². The summed E-state index contributed by atoms with van der Waals surface area (Å²) in [6.45, 7) is 10.4. The molecule has 1 aromatic heterocycles. The highest BCUT2D eigenvalue weighted by Crippen LogP contribution is 2.45. The number of rotatable bonds is 5. The van der Waals surface area contributed by atoms with Crippen molar-refractivity contribution in [3.05, 3.63) is 11.8 Å². The Morgan fingerprint density at radius 3 is 2.62 bits per heavy atom. The molecule has 1 spiro atoms. The molecule has 34 heavy (non-hydrogen) atoms. The normalized spacial score (nSPS) is 23.8. The van der Waals surface area contributed by atoms with Gasteiger partial charge >= 0.3 is 12.1 Å². The van der Waals surface area contributed by atoms with Crippen LogP contribution in [0.5, 0.6) is 6.01 Å². The van der Waals surface area contributed by atoms with Crippen LogP contribution in [0.4, 0.5) is 10.6 Å². The molecule has 1 amide bonds. The monoisotopic (exact) mass is 475 g/mol. The Labute approximate surface area is 200 Å². The molecule has 1 aromatic rings. The van der Waals surface area contributed by atoms with E-state index in [1.165, 1.54) is 0 Å². The molecule has 2 saturated heterocycles. The third-order valence-corrected chi connectivity index (χ3v) is 6.89. The predicted molar refractivity (Wildman–Crippen MR) is 127 cm³/mol. The van der Waals surface area contributed by atoms with Crippen molar-refractivity contribution in [1.29, 1.82) is 0 Å². The Hall–Kier alpha value is -2.82. The number of nitrogens with zero attached hydrogens (tertiary/aromatic N) is 6. The van der Waals surface area contributed by atoms with Gasteiger partial charge in [-0.15, -0.1) is 0 Å². The van der Waals surface area contributed by atoms with Crippen LogP contribution in [-0.4, -0.2) is 93.4 Å². The van der Waals surface area contributed by atoms with Crippen molar-refractivity contribution < 1.29 is 19.5 Å². The van der Waals surface area contributed by atoms with Crippen molar-refractivity contribution >= 4 is 17.7 Å². The number of nitrogens with two attached hydrogens (primary N) is 1. The van der Waals surface area contributed by atoms with Crippen LogP contribution in [0.25, 0.3) is 0 Å². The van der Waals surface area contributed by atoms with Crippen LogP contribution in [-0.2, 0) is 4.74 Å². The van der Waals surface area contributed by atoms with Crippen LogP contribution in [0.2, 0.25) is 0 Å². The highest BCUT2D eigenvalue weighted by atomic mass is 16.6. The van der Waals surface area contributed by atoms with Gasteiger partial charge in [-0.1, -0.05) is 5.16 Å². The number of carbonyl (C=O) groups is 1. The van der Waals surface area contributed by atoms with E-state index in [-0.39, 0.29) is 35.6 Å². The lowest BCUT2D eigenvalue weighted by Gasteiger charge is -2.42. The highest BCUT2D eigenvalue weighted by molar-refractivity contribution is 5.95. The first-order valence-electron chi connectivity index (χ1n) is 12.0. The second-order valence-corrected chi connectivity index (χ2v) is 10.7. The average molecular weight is 476 g/mol. The van der Waals surface area contributed by atoms with Crippen LogP contribution in [0.3, 0.4) is 0 Å². The molecule has 3 fully saturated rings. The number of ether oxygens (including phenoxy) is 2. The Morgan fingerprint density at radius 2 is 2.03 bits per heavy atom. The summed E-state index contributed by atoms with van der Waals surface area (Å²) in [7, 11) is 2.09. The van der Waals surface area contributed by atoms with Crippen molar-refractivity contribution in [3.8, 4) is 6.01 Å². The molecule has 11 heteroatoms. The second-order valence-electron chi connectivity index (χ2n) is 10.7. The minimum Gasteiger partial charge on any atom is -0.459 e. The van der Waals surface area contributed by atoms with Gasteiger partial charge in [0.25, 0.3) is 0 Å². The Bertz CT molecular complexity index is 944. The number of amides is 1. The number of hydrogen-bond donors (Lipinski definition) is 2. The summed E-state index contributed by atoms with van der Waals surface area (Å²) in [5, 5.41) is 12.4. The van der Waals surface area contributed by atoms with Gasteiger partial charge in [0.05, 0.1) is 5.54 Å². The molecule has 2 aliphatic heterocycles.